The summed E-state index contributed by atoms with van der Waals surface area (Å²) in [6.07, 6.45) is 2.53. The molecule has 0 saturated heterocycles. The molecule has 1 aliphatic heterocycles. The predicted octanol–water partition coefficient (Wildman–Crippen LogP) is 2.19. The number of aliphatic imine (C=N–C) groups is 1. The Balaban J connectivity index is 1.97. The molecule has 1 aliphatic rings. The SMILES string of the molecule is CN(CC1CO[C]=N1)c1ccc(Br)cc1. The maximum atomic E-state index is 4.96. The largest absolute Gasteiger partial charge is 0.472 e. The number of halogens is 1. The van der Waals surface area contributed by atoms with Crippen molar-refractivity contribution in [3.8, 4) is 0 Å². The van der Waals surface area contributed by atoms with E-state index in [1.165, 1.54) is 5.69 Å². The van der Waals surface area contributed by atoms with Crippen LogP contribution in [-0.4, -0.2) is 32.6 Å². The zero-order valence-corrected chi connectivity index (χ0v) is 10.1. The van der Waals surface area contributed by atoms with Crippen molar-refractivity contribution in [2.24, 2.45) is 4.99 Å². The first-order chi connectivity index (χ1) is 7.25. The summed E-state index contributed by atoms with van der Waals surface area (Å²) < 4.78 is 6.05. The lowest BCUT2D eigenvalue weighted by atomic mass is 10.2. The standard InChI is InChI=1S/C11H12BrN2O/c1-14(6-10-7-15-8-13-10)11-4-2-9(12)3-5-11/h2-5,10H,6-7H2,1H3. The van der Waals surface area contributed by atoms with Crippen LogP contribution in [0.2, 0.25) is 0 Å². The lowest BCUT2D eigenvalue weighted by molar-refractivity contribution is 0.329. The molecule has 1 aromatic rings. The van der Waals surface area contributed by atoms with Crippen LogP contribution in [0, 0.1) is 0 Å². The molecule has 0 amide bonds. The second-order valence-corrected chi connectivity index (χ2v) is 4.46. The van der Waals surface area contributed by atoms with Gasteiger partial charge in [0.2, 0.25) is 0 Å². The first-order valence-electron chi connectivity index (χ1n) is 4.79. The van der Waals surface area contributed by atoms with E-state index in [0.29, 0.717) is 6.61 Å². The van der Waals surface area contributed by atoms with Crippen molar-refractivity contribution >= 4 is 28.0 Å². The van der Waals surface area contributed by atoms with Gasteiger partial charge in [0.1, 0.15) is 12.6 Å². The van der Waals surface area contributed by atoms with Crippen LogP contribution in [0.1, 0.15) is 0 Å². The van der Waals surface area contributed by atoms with Gasteiger partial charge >= 0.3 is 0 Å². The van der Waals surface area contributed by atoms with Crippen molar-refractivity contribution in [2.75, 3.05) is 25.1 Å². The molecule has 1 aromatic carbocycles. The van der Waals surface area contributed by atoms with Crippen LogP contribution < -0.4 is 4.90 Å². The molecule has 1 radical (unpaired) electrons. The van der Waals surface area contributed by atoms with Crippen molar-refractivity contribution in [1.82, 2.24) is 0 Å². The topological polar surface area (TPSA) is 24.8 Å². The molecule has 0 N–H and O–H groups in total. The van der Waals surface area contributed by atoms with Crippen LogP contribution in [0.4, 0.5) is 5.69 Å². The molecule has 15 heavy (non-hydrogen) atoms. The summed E-state index contributed by atoms with van der Waals surface area (Å²) in [5.74, 6) is 0. The smallest absolute Gasteiger partial charge is 0.273 e. The van der Waals surface area contributed by atoms with Crippen LogP contribution in [0.3, 0.4) is 0 Å². The van der Waals surface area contributed by atoms with Gasteiger partial charge in [-0.1, -0.05) is 15.9 Å². The maximum Gasteiger partial charge on any atom is 0.273 e. The van der Waals surface area contributed by atoms with Gasteiger partial charge in [-0.05, 0) is 24.3 Å². The van der Waals surface area contributed by atoms with E-state index in [1.807, 2.05) is 12.1 Å². The van der Waals surface area contributed by atoms with E-state index in [9.17, 15) is 0 Å². The summed E-state index contributed by atoms with van der Waals surface area (Å²) in [7, 11) is 2.05. The number of likely N-dealkylation sites (N-methyl/N-ethyl adjacent to an activating group) is 1. The summed E-state index contributed by atoms with van der Waals surface area (Å²) in [5.41, 5.74) is 1.18. The van der Waals surface area contributed by atoms with E-state index < -0.39 is 0 Å². The molecule has 0 fully saturated rings. The minimum atomic E-state index is 0.207. The molecule has 79 valence electrons. The van der Waals surface area contributed by atoms with E-state index in [0.717, 1.165) is 11.0 Å². The van der Waals surface area contributed by atoms with Gasteiger partial charge < -0.3 is 9.64 Å². The third kappa shape index (κ3) is 2.72. The predicted molar refractivity (Wildman–Crippen MR) is 64.6 cm³/mol. The van der Waals surface area contributed by atoms with Gasteiger partial charge in [-0.2, -0.15) is 0 Å². The number of rotatable bonds is 3. The highest BCUT2D eigenvalue weighted by Crippen LogP contribution is 2.18. The van der Waals surface area contributed by atoms with E-state index in [2.05, 4.69) is 51.4 Å². The minimum Gasteiger partial charge on any atom is -0.472 e. The molecule has 0 spiro atoms. The molecule has 1 unspecified atom stereocenters. The quantitative estimate of drug-likeness (QED) is 0.839. The zero-order valence-electron chi connectivity index (χ0n) is 8.48. The molecule has 0 aliphatic carbocycles. The summed E-state index contributed by atoms with van der Waals surface area (Å²) in [4.78, 5) is 6.26. The molecule has 3 nitrogen and oxygen atoms in total. The summed E-state index contributed by atoms with van der Waals surface area (Å²) >= 11 is 3.42. The van der Waals surface area contributed by atoms with Gasteiger partial charge in [0.05, 0.1) is 0 Å². The molecular formula is C11H12BrN2O. The summed E-state index contributed by atoms with van der Waals surface area (Å²) in [6.45, 7) is 1.50. The van der Waals surface area contributed by atoms with Crippen molar-refractivity contribution in [1.29, 1.82) is 0 Å². The van der Waals surface area contributed by atoms with E-state index in [-0.39, 0.29) is 6.04 Å². The molecular weight excluding hydrogens is 256 g/mol. The molecule has 0 bridgehead atoms. The molecule has 2 rings (SSSR count). The Kier molecular flexibility index (Phi) is 3.26. The Bertz CT molecular complexity index is 350. The fourth-order valence-electron chi connectivity index (χ4n) is 1.49. The maximum absolute atomic E-state index is 4.96. The highest BCUT2D eigenvalue weighted by atomic mass is 79.9. The van der Waals surface area contributed by atoms with Gasteiger partial charge in [0.15, 0.2) is 0 Å². The lowest BCUT2D eigenvalue weighted by Gasteiger charge is -2.21. The summed E-state index contributed by atoms with van der Waals surface area (Å²) in [6, 6.07) is 8.43. The number of nitrogens with zero attached hydrogens (tertiary/aromatic N) is 2. The second kappa shape index (κ2) is 4.66. The fraction of sp³-hybridized carbons (Fsp3) is 0.364. The van der Waals surface area contributed by atoms with Crippen LogP contribution in [-0.2, 0) is 4.74 Å². The number of anilines is 1. The highest BCUT2D eigenvalue weighted by Gasteiger charge is 2.14. The highest BCUT2D eigenvalue weighted by molar-refractivity contribution is 9.10. The van der Waals surface area contributed by atoms with Crippen molar-refractivity contribution in [3.05, 3.63) is 28.7 Å². The fourth-order valence-corrected chi connectivity index (χ4v) is 1.76. The lowest BCUT2D eigenvalue weighted by Crippen LogP contribution is -2.28. The molecule has 0 saturated carbocycles. The molecule has 1 atom stereocenters. The van der Waals surface area contributed by atoms with E-state index >= 15 is 0 Å². The average Bonchev–Trinajstić information content (AvgIpc) is 2.71. The normalized spacial score (nSPS) is 18.9. The molecule has 4 heteroatoms. The third-order valence-corrected chi connectivity index (χ3v) is 2.86. The Morgan fingerprint density at radius 1 is 1.53 bits per heavy atom. The van der Waals surface area contributed by atoms with Gasteiger partial charge in [-0.15, -0.1) is 0 Å². The van der Waals surface area contributed by atoms with E-state index in [4.69, 9.17) is 4.74 Å². The third-order valence-electron chi connectivity index (χ3n) is 2.33. The van der Waals surface area contributed by atoms with Crippen molar-refractivity contribution in [3.63, 3.8) is 0 Å². The van der Waals surface area contributed by atoms with Gasteiger partial charge in [0, 0.05) is 23.8 Å². The minimum absolute atomic E-state index is 0.207. The van der Waals surface area contributed by atoms with Crippen LogP contribution >= 0.6 is 15.9 Å². The average molecular weight is 268 g/mol. The van der Waals surface area contributed by atoms with Crippen LogP contribution in [0.25, 0.3) is 0 Å². The first-order valence-corrected chi connectivity index (χ1v) is 5.58. The Morgan fingerprint density at radius 2 is 2.27 bits per heavy atom. The monoisotopic (exact) mass is 267 g/mol. The van der Waals surface area contributed by atoms with Gasteiger partial charge in [0.25, 0.3) is 6.40 Å². The Morgan fingerprint density at radius 3 is 2.87 bits per heavy atom. The van der Waals surface area contributed by atoms with Crippen LogP contribution in [0.15, 0.2) is 33.7 Å². The molecule has 0 aromatic heterocycles. The first kappa shape index (κ1) is 10.5. The van der Waals surface area contributed by atoms with Crippen molar-refractivity contribution < 1.29 is 4.74 Å². The Hall–Kier alpha value is -1.03. The number of hydrogen-bond donors (Lipinski definition) is 0. The van der Waals surface area contributed by atoms with Gasteiger partial charge in [-0.3, -0.25) is 0 Å². The number of hydrogen-bond acceptors (Lipinski definition) is 3. The van der Waals surface area contributed by atoms with Gasteiger partial charge in [-0.25, -0.2) is 4.99 Å². The number of ether oxygens (including phenoxy) is 1. The van der Waals surface area contributed by atoms with E-state index in [1.54, 1.807) is 0 Å². The van der Waals surface area contributed by atoms with Crippen molar-refractivity contribution in [2.45, 2.75) is 6.04 Å². The summed E-state index contributed by atoms with van der Waals surface area (Å²) in [5, 5.41) is 0. The Labute approximate surface area is 97.9 Å². The zero-order chi connectivity index (χ0) is 10.7. The second-order valence-electron chi connectivity index (χ2n) is 3.54. The number of benzene rings is 1. The van der Waals surface area contributed by atoms with Crippen LogP contribution in [0.5, 0.6) is 0 Å². The molecule has 1 heterocycles.